The quantitative estimate of drug-likeness (QED) is 0.607. The van der Waals surface area contributed by atoms with Crippen LogP contribution in [0.2, 0.25) is 0 Å². The number of hydrogen-bond donors (Lipinski definition) is 1. The number of nitrogens with one attached hydrogen (secondary N) is 1. The molecule has 0 atom stereocenters. The van der Waals surface area contributed by atoms with Crippen LogP contribution in [0.5, 0.6) is 0 Å². The fourth-order valence-electron chi connectivity index (χ4n) is 1.53. The molecule has 0 heterocycles. The van der Waals surface area contributed by atoms with Crippen molar-refractivity contribution >= 4 is 7.60 Å². The molecule has 18 heavy (non-hydrogen) atoms. The number of hydrogen-bond acceptors (Lipinski definition) is 4. The monoisotopic (exact) mass is 275 g/mol. The van der Waals surface area contributed by atoms with Gasteiger partial charge < -0.3 is 14.4 Å². The van der Waals surface area contributed by atoms with Crippen LogP contribution in [0.4, 0.5) is 0 Å². The predicted molar refractivity (Wildman–Crippen MR) is 76.6 cm³/mol. The molecule has 0 aliphatic rings. The first-order valence-electron chi connectivity index (χ1n) is 5.95. The van der Waals surface area contributed by atoms with Crippen molar-refractivity contribution in [3.8, 4) is 0 Å². The maximum Gasteiger partial charge on any atom is 0.362 e. The molecule has 0 radical (unpaired) electrons. The SMILES string of the molecule is C/C=C(/C(NC(C)(C)C)=C(C)C)P(=O)(OC)OC. The first-order chi connectivity index (χ1) is 8.11. The third-order valence-electron chi connectivity index (χ3n) is 2.31. The summed E-state index contributed by atoms with van der Waals surface area (Å²) in [5.74, 6) is 0. The fourth-order valence-corrected chi connectivity index (χ4v) is 2.94. The molecule has 0 aromatic heterocycles. The van der Waals surface area contributed by atoms with E-state index in [2.05, 4.69) is 5.32 Å². The molecular weight excluding hydrogens is 249 g/mol. The van der Waals surface area contributed by atoms with Crippen LogP contribution in [0.25, 0.3) is 0 Å². The molecule has 0 saturated carbocycles. The van der Waals surface area contributed by atoms with Crippen LogP contribution in [0.15, 0.2) is 22.7 Å². The molecule has 0 aliphatic heterocycles. The highest BCUT2D eigenvalue weighted by atomic mass is 31.2. The summed E-state index contributed by atoms with van der Waals surface area (Å²) in [7, 11) is -0.454. The molecule has 0 rings (SSSR count). The summed E-state index contributed by atoms with van der Waals surface area (Å²) < 4.78 is 22.7. The van der Waals surface area contributed by atoms with Gasteiger partial charge in [0.15, 0.2) is 0 Å². The Morgan fingerprint density at radius 1 is 1.17 bits per heavy atom. The van der Waals surface area contributed by atoms with Gasteiger partial charge in [0.2, 0.25) is 0 Å². The Morgan fingerprint density at radius 3 is 1.83 bits per heavy atom. The summed E-state index contributed by atoms with van der Waals surface area (Å²) in [5, 5.41) is 3.93. The summed E-state index contributed by atoms with van der Waals surface area (Å²) in [5.41, 5.74) is 1.72. The Labute approximate surface area is 111 Å². The molecule has 5 heteroatoms. The molecular formula is C13H26NO3P. The van der Waals surface area contributed by atoms with Crippen LogP contribution in [0.1, 0.15) is 41.5 Å². The van der Waals surface area contributed by atoms with E-state index in [1.54, 1.807) is 6.08 Å². The fraction of sp³-hybridized carbons (Fsp3) is 0.692. The van der Waals surface area contributed by atoms with Gasteiger partial charge in [0, 0.05) is 25.5 Å². The van der Waals surface area contributed by atoms with Crippen molar-refractivity contribution in [3.05, 3.63) is 22.7 Å². The van der Waals surface area contributed by atoms with E-state index in [1.165, 1.54) is 14.2 Å². The van der Waals surface area contributed by atoms with Crippen LogP contribution in [0.3, 0.4) is 0 Å². The molecule has 4 nitrogen and oxygen atoms in total. The van der Waals surface area contributed by atoms with Gasteiger partial charge in [-0.15, -0.1) is 0 Å². The maximum atomic E-state index is 12.5. The van der Waals surface area contributed by atoms with Gasteiger partial charge in [-0.25, -0.2) is 0 Å². The molecule has 0 aliphatic carbocycles. The topological polar surface area (TPSA) is 47.6 Å². The van der Waals surface area contributed by atoms with E-state index in [9.17, 15) is 4.57 Å². The molecule has 1 N–H and O–H groups in total. The Bertz CT molecular complexity index is 380. The second-order valence-electron chi connectivity index (χ2n) is 5.29. The lowest BCUT2D eigenvalue weighted by Crippen LogP contribution is -2.36. The lowest BCUT2D eigenvalue weighted by atomic mass is 10.1. The molecule has 0 unspecified atom stereocenters. The highest BCUT2D eigenvalue weighted by Crippen LogP contribution is 2.57. The van der Waals surface area contributed by atoms with Crippen LogP contribution in [-0.4, -0.2) is 19.8 Å². The molecule has 0 bridgehead atoms. The summed E-state index contributed by atoms with van der Waals surface area (Å²) in [6.07, 6.45) is 1.77. The largest absolute Gasteiger partial charge is 0.380 e. The second kappa shape index (κ2) is 6.55. The first-order valence-corrected chi connectivity index (χ1v) is 7.50. The van der Waals surface area contributed by atoms with Gasteiger partial charge in [-0.3, -0.25) is 4.57 Å². The Balaban J connectivity index is 5.65. The lowest BCUT2D eigenvalue weighted by Gasteiger charge is -2.29. The smallest absolute Gasteiger partial charge is 0.362 e. The zero-order chi connectivity index (χ0) is 14.6. The van der Waals surface area contributed by atoms with E-state index >= 15 is 0 Å². The van der Waals surface area contributed by atoms with Crippen molar-refractivity contribution in [2.75, 3.05) is 14.2 Å². The van der Waals surface area contributed by atoms with E-state index < -0.39 is 7.60 Å². The van der Waals surface area contributed by atoms with Crippen LogP contribution < -0.4 is 5.32 Å². The summed E-state index contributed by atoms with van der Waals surface area (Å²) in [4.78, 5) is 0. The van der Waals surface area contributed by atoms with Crippen molar-refractivity contribution in [2.45, 2.75) is 47.1 Å². The molecule has 0 aromatic rings. The van der Waals surface area contributed by atoms with E-state index in [1.807, 2.05) is 41.5 Å². The Kier molecular flexibility index (Phi) is 6.35. The molecule has 106 valence electrons. The van der Waals surface area contributed by atoms with Gasteiger partial charge in [-0.1, -0.05) is 11.6 Å². The minimum atomic E-state index is -3.25. The maximum absolute atomic E-state index is 12.5. The highest BCUT2D eigenvalue weighted by molar-refractivity contribution is 7.58. The number of rotatable bonds is 5. The van der Waals surface area contributed by atoms with E-state index in [0.29, 0.717) is 5.31 Å². The standard InChI is InChI=1S/C13H26NO3P/c1-9-11(18(15,16-7)17-8)12(10(2)3)14-13(4,5)6/h9,14H,1-8H3/b11-9-. The van der Waals surface area contributed by atoms with Crippen LogP contribution in [0, 0.1) is 0 Å². The molecule has 0 aromatic carbocycles. The van der Waals surface area contributed by atoms with Gasteiger partial charge in [0.25, 0.3) is 0 Å². The van der Waals surface area contributed by atoms with Crippen LogP contribution >= 0.6 is 7.60 Å². The normalized spacial score (nSPS) is 13.4. The highest BCUT2D eigenvalue weighted by Gasteiger charge is 2.31. The summed E-state index contributed by atoms with van der Waals surface area (Å²) >= 11 is 0. The lowest BCUT2D eigenvalue weighted by molar-refractivity contribution is 0.283. The summed E-state index contributed by atoms with van der Waals surface area (Å²) in [6.45, 7) is 11.9. The van der Waals surface area contributed by atoms with Crippen LogP contribution in [-0.2, 0) is 13.6 Å². The van der Waals surface area contributed by atoms with Crippen molar-refractivity contribution < 1.29 is 13.6 Å². The third-order valence-corrected chi connectivity index (χ3v) is 4.34. The zero-order valence-corrected chi connectivity index (χ0v) is 13.6. The van der Waals surface area contributed by atoms with Crippen molar-refractivity contribution in [1.29, 1.82) is 0 Å². The third kappa shape index (κ3) is 4.60. The van der Waals surface area contributed by atoms with Gasteiger partial charge in [-0.05, 0) is 41.5 Å². The van der Waals surface area contributed by atoms with Gasteiger partial charge in [0.1, 0.15) is 0 Å². The Hall–Kier alpha value is -0.570. The minimum absolute atomic E-state index is 0.132. The molecule has 0 saturated heterocycles. The Morgan fingerprint density at radius 2 is 1.61 bits per heavy atom. The number of allylic oxidation sites excluding steroid dienone is 3. The predicted octanol–water partition coefficient (Wildman–Crippen LogP) is 4.06. The van der Waals surface area contributed by atoms with Crippen molar-refractivity contribution in [1.82, 2.24) is 5.32 Å². The molecule has 0 amide bonds. The van der Waals surface area contributed by atoms with E-state index in [-0.39, 0.29) is 5.54 Å². The second-order valence-corrected chi connectivity index (χ2v) is 7.49. The van der Waals surface area contributed by atoms with Crippen molar-refractivity contribution in [3.63, 3.8) is 0 Å². The zero-order valence-electron chi connectivity index (χ0n) is 12.7. The van der Waals surface area contributed by atoms with E-state index in [4.69, 9.17) is 9.05 Å². The van der Waals surface area contributed by atoms with Gasteiger partial charge in [0.05, 0.1) is 5.31 Å². The average Bonchev–Trinajstić information content (AvgIpc) is 2.26. The first kappa shape index (κ1) is 17.4. The molecule has 0 spiro atoms. The van der Waals surface area contributed by atoms with Crippen molar-refractivity contribution in [2.24, 2.45) is 0 Å². The van der Waals surface area contributed by atoms with Gasteiger partial charge >= 0.3 is 7.60 Å². The van der Waals surface area contributed by atoms with Gasteiger partial charge in [-0.2, -0.15) is 0 Å². The van der Waals surface area contributed by atoms with E-state index in [0.717, 1.165) is 11.3 Å². The summed E-state index contributed by atoms with van der Waals surface area (Å²) in [6, 6.07) is 0. The molecule has 0 fully saturated rings. The average molecular weight is 275 g/mol. The minimum Gasteiger partial charge on any atom is -0.380 e.